The van der Waals surface area contributed by atoms with Crippen LogP contribution in [0.2, 0.25) is 0 Å². The summed E-state index contributed by atoms with van der Waals surface area (Å²) < 4.78 is 1.03. The fraction of sp³-hybridized carbons (Fsp3) is 0.429. The van der Waals surface area contributed by atoms with E-state index in [0.29, 0.717) is 6.42 Å². The smallest absolute Gasteiger partial charge is 0.240 e. The standard InChI is InChI=1S/C14H19BrN2O/c1-3-4-5-6-14(18)17-16-11(2)12-7-9-13(15)10-8-12/h7-10H,3-6H2,1-2H3,(H,17,18)/b16-11-. The number of nitrogens with one attached hydrogen (secondary N) is 1. The zero-order valence-corrected chi connectivity index (χ0v) is 12.5. The van der Waals surface area contributed by atoms with Crippen LogP contribution in [0.3, 0.4) is 0 Å². The van der Waals surface area contributed by atoms with E-state index in [-0.39, 0.29) is 5.91 Å². The molecule has 1 amide bonds. The van der Waals surface area contributed by atoms with Crippen LogP contribution in [0.4, 0.5) is 0 Å². The average molecular weight is 311 g/mol. The number of amides is 1. The third kappa shape index (κ3) is 5.45. The Morgan fingerprint density at radius 2 is 1.94 bits per heavy atom. The Bertz CT molecular complexity index is 412. The van der Waals surface area contributed by atoms with Gasteiger partial charge in [0.2, 0.25) is 5.91 Å². The third-order valence-corrected chi connectivity index (χ3v) is 3.15. The fourth-order valence-electron chi connectivity index (χ4n) is 1.49. The van der Waals surface area contributed by atoms with Gasteiger partial charge >= 0.3 is 0 Å². The number of rotatable bonds is 6. The summed E-state index contributed by atoms with van der Waals surface area (Å²) in [5, 5.41) is 4.10. The van der Waals surface area contributed by atoms with Crippen molar-refractivity contribution in [2.24, 2.45) is 5.10 Å². The number of hydrogen-bond acceptors (Lipinski definition) is 2. The van der Waals surface area contributed by atoms with E-state index in [1.165, 1.54) is 0 Å². The highest BCUT2D eigenvalue weighted by Crippen LogP contribution is 2.11. The predicted octanol–water partition coefficient (Wildman–Crippen LogP) is 3.87. The van der Waals surface area contributed by atoms with Crippen LogP contribution in [-0.4, -0.2) is 11.6 Å². The molecule has 98 valence electrons. The van der Waals surface area contributed by atoms with E-state index in [1.807, 2.05) is 31.2 Å². The monoisotopic (exact) mass is 310 g/mol. The molecule has 0 aliphatic rings. The molecule has 0 aromatic heterocycles. The Hall–Kier alpha value is -1.16. The second-order valence-electron chi connectivity index (χ2n) is 4.20. The molecule has 1 rings (SSSR count). The summed E-state index contributed by atoms with van der Waals surface area (Å²) in [5.41, 5.74) is 4.41. The number of hydrazone groups is 1. The Morgan fingerprint density at radius 3 is 2.56 bits per heavy atom. The van der Waals surface area contributed by atoms with Crippen LogP contribution in [0.5, 0.6) is 0 Å². The van der Waals surface area contributed by atoms with Gasteiger partial charge in [0.25, 0.3) is 0 Å². The predicted molar refractivity (Wildman–Crippen MR) is 78.6 cm³/mol. The molecule has 18 heavy (non-hydrogen) atoms. The topological polar surface area (TPSA) is 41.5 Å². The summed E-state index contributed by atoms with van der Waals surface area (Å²) in [7, 11) is 0. The normalized spacial score (nSPS) is 11.4. The van der Waals surface area contributed by atoms with Crippen molar-refractivity contribution in [3.8, 4) is 0 Å². The molecule has 0 aliphatic carbocycles. The van der Waals surface area contributed by atoms with Gasteiger partial charge in [-0.05, 0) is 31.0 Å². The maximum atomic E-state index is 11.5. The number of carbonyl (C=O) groups excluding carboxylic acids is 1. The molecule has 0 unspecified atom stereocenters. The molecule has 0 fully saturated rings. The molecule has 0 saturated heterocycles. The fourth-order valence-corrected chi connectivity index (χ4v) is 1.76. The van der Waals surface area contributed by atoms with Gasteiger partial charge in [-0.3, -0.25) is 4.79 Å². The maximum Gasteiger partial charge on any atom is 0.240 e. The SMILES string of the molecule is CCCCCC(=O)N/N=C(/C)c1ccc(Br)cc1. The first-order chi connectivity index (χ1) is 8.63. The Kier molecular flexibility index (Phi) is 6.65. The van der Waals surface area contributed by atoms with Gasteiger partial charge in [0.1, 0.15) is 0 Å². The number of benzene rings is 1. The summed E-state index contributed by atoms with van der Waals surface area (Å²) >= 11 is 3.38. The number of nitrogens with zero attached hydrogens (tertiary/aromatic N) is 1. The van der Waals surface area contributed by atoms with Gasteiger partial charge < -0.3 is 0 Å². The highest BCUT2D eigenvalue weighted by atomic mass is 79.9. The zero-order valence-electron chi connectivity index (χ0n) is 10.9. The Morgan fingerprint density at radius 1 is 1.28 bits per heavy atom. The summed E-state index contributed by atoms with van der Waals surface area (Å²) in [6.07, 6.45) is 3.68. The van der Waals surface area contributed by atoms with Gasteiger partial charge in [-0.15, -0.1) is 0 Å². The van der Waals surface area contributed by atoms with Crippen molar-refractivity contribution in [3.63, 3.8) is 0 Å². The molecule has 0 radical (unpaired) electrons. The van der Waals surface area contributed by atoms with Crippen molar-refractivity contribution in [1.29, 1.82) is 0 Å². The van der Waals surface area contributed by atoms with E-state index in [4.69, 9.17) is 0 Å². The van der Waals surface area contributed by atoms with Crippen LogP contribution in [-0.2, 0) is 4.79 Å². The van der Waals surface area contributed by atoms with E-state index < -0.39 is 0 Å². The number of halogens is 1. The summed E-state index contributed by atoms with van der Waals surface area (Å²) in [5.74, 6) is -0.0140. The van der Waals surface area contributed by atoms with Crippen molar-refractivity contribution in [2.75, 3.05) is 0 Å². The van der Waals surface area contributed by atoms with E-state index in [2.05, 4.69) is 33.4 Å². The third-order valence-electron chi connectivity index (χ3n) is 2.62. The second kappa shape index (κ2) is 8.03. The quantitative estimate of drug-likeness (QED) is 0.484. The number of carbonyl (C=O) groups is 1. The van der Waals surface area contributed by atoms with Crippen LogP contribution < -0.4 is 5.43 Å². The molecule has 1 aromatic rings. The van der Waals surface area contributed by atoms with Gasteiger partial charge in [-0.1, -0.05) is 47.8 Å². The first-order valence-corrected chi connectivity index (χ1v) is 7.02. The van der Waals surface area contributed by atoms with Crippen LogP contribution in [0, 0.1) is 0 Å². The van der Waals surface area contributed by atoms with Crippen LogP contribution in [0.25, 0.3) is 0 Å². The minimum atomic E-state index is -0.0140. The lowest BCUT2D eigenvalue weighted by Gasteiger charge is -2.03. The first-order valence-electron chi connectivity index (χ1n) is 6.22. The lowest BCUT2D eigenvalue weighted by molar-refractivity contribution is -0.121. The largest absolute Gasteiger partial charge is 0.273 e. The molecule has 0 heterocycles. The Labute approximate surface area is 117 Å². The zero-order chi connectivity index (χ0) is 13.4. The van der Waals surface area contributed by atoms with Crippen LogP contribution in [0.1, 0.15) is 45.1 Å². The minimum Gasteiger partial charge on any atom is -0.273 e. The van der Waals surface area contributed by atoms with Gasteiger partial charge in [0.05, 0.1) is 5.71 Å². The van der Waals surface area contributed by atoms with Crippen molar-refractivity contribution in [1.82, 2.24) is 5.43 Å². The van der Waals surface area contributed by atoms with E-state index >= 15 is 0 Å². The molecule has 4 heteroatoms. The van der Waals surface area contributed by atoms with Crippen LogP contribution >= 0.6 is 15.9 Å². The minimum absolute atomic E-state index is 0.0140. The van der Waals surface area contributed by atoms with Crippen molar-refractivity contribution >= 4 is 27.5 Å². The number of unbranched alkanes of at least 4 members (excludes halogenated alkanes) is 2. The molecule has 1 aromatic carbocycles. The lowest BCUT2D eigenvalue weighted by Crippen LogP contribution is -2.18. The highest BCUT2D eigenvalue weighted by Gasteiger charge is 2.01. The van der Waals surface area contributed by atoms with Crippen molar-refractivity contribution in [2.45, 2.75) is 39.5 Å². The maximum absolute atomic E-state index is 11.5. The van der Waals surface area contributed by atoms with Gasteiger partial charge in [-0.25, -0.2) is 5.43 Å². The first kappa shape index (κ1) is 14.9. The molecular formula is C14H19BrN2O. The van der Waals surface area contributed by atoms with Gasteiger partial charge in [-0.2, -0.15) is 5.10 Å². The molecule has 0 saturated carbocycles. The highest BCUT2D eigenvalue weighted by molar-refractivity contribution is 9.10. The van der Waals surface area contributed by atoms with Gasteiger partial charge in [0, 0.05) is 10.9 Å². The van der Waals surface area contributed by atoms with Crippen LogP contribution in [0.15, 0.2) is 33.8 Å². The molecule has 1 N–H and O–H groups in total. The van der Waals surface area contributed by atoms with E-state index in [1.54, 1.807) is 0 Å². The summed E-state index contributed by atoms with van der Waals surface area (Å²) in [4.78, 5) is 11.5. The van der Waals surface area contributed by atoms with E-state index in [9.17, 15) is 4.79 Å². The van der Waals surface area contributed by atoms with Gasteiger partial charge in [0.15, 0.2) is 0 Å². The van der Waals surface area contributed by atoms with Crippen molar-refractivity contribution in [3.05, 3.63) is 34.3 Å². The number of hydrogen-bond donors (Lipinski definition) is 1. The Balaban J connectivity index is 2.46. The molecule has 0 atom stereocenters. The van der Waals surface area contributed by atoms with E-state index in [0.717, 1.165) is 35.0 Å². The average Bonchev–Trinajstić information content (AvgIpc) is 2.37. The summed E-state index contributed by atoms with van der Waals surface area (Å²) in [6.45, 7) is 4.00. The molecule has 0 bridgehead atoms. The molecular weight excluding hydrogens is 292 g/mol. The van der Waals surface area contributed by atoms with Crippen molar-refractivity contribution < 1.29 is 4.79 Å². The molecule has 3 nitrogen and oxygen atoms in total. The summed E-state index contributed by atoms with van der Waals surface area (Å²) in [6, 6.07) is 7.84. The molecule has 0 spiro atoms. The lowest BCUT2D eigenvalue weighted by atomic mass is 10.1. The second-order valence-corrected chi connectivity index (χ2v) is 5.11. The molecule has 0 aliphatic heterocycles.